The van der Waals surface area contributed by atoms with Crippen molar-refractivity contribution in [1.82, 2.24) is 0 Å². The third-order valence-electron chi connectivity index (χ3n) is 11.7. The lowest BCUT2D eigenvalue weighted by Gasteiger charge is -2.34. The highest BCUT2D eigenvalue weighted by molar-refractivity contribution is 5.78. The normalized spacial score (nSPS) is 15.5. The third-order valence-corrected chi connectivity index (χ3v) is 11.7. The maximum Gasteiger partial charge on any atom is 0.304 e. The first-order valence-electron chi connectivity index (χ1n) is 20.9. The second-order valence-corrected chi connectivity index (χ2v) is 16.6. The van der Waals surface area contributed by atoms with E-state index in [1.165, 1.54) is 0 Å². The van der Waals surface area contributed by atoms with Gasteiger partial charge in [0.15, 0.2) is 0 Å². The van der Waals surface area contributed by atoms with E-state index in [9.17, 15) is 44.7 Å². The number of aliphatic hydroxyl groups excluding tert-OH is 1. The number of carboxylic acids is 4. The van der Waals surface area contributed by atoms with Gasteiger partial charge in [-0.1, -0.05) is 42.5 Å². The number of carbonyl (C=O) groups is 4. The molecule has 8 bridgehead atoms. The molecule has 0 aliphatic carbocycles. The Kier molecular flexibility index (Phi) is 15.3. The van der Waals surface area contributed by atoms with Crippen molar-refractivity contribution >= 4 is 23.9 Å². The number of aliphatic hydroxyl groups is 1. The molecule has 5 N–H and O–H groups in total. The van der Waals surface area contributed by atoms with Crippen molar-refractivity contribution in [2.45, 2.75) is 110 Å². The maximum atomic E-state index is 12.5. The zero-order valence-electron chi connectivity index (χ0n) is 36.4. The lowest BCUT2D eigenvalue weighted by atomic mass is 9.68. The summed E-state index contributed by atoms with van der Waals surface area (Å²) < 4.78 is 24.8. The van der Waals surface area contributed by atoms with Crippen LogP contribution in [0.15, 0.2) is 54.6 Å². The van der Waals surface area contributed by atoms with Gasteiger partial charge in [-0.15, -0.1) is 0 Å². The molecule has 0 radical (unpaired) electrons. The minimum absolute atomic E-state index is 0.263. The van der Waals surface area contributed by atoms with E-state index in [1.807, 2.05) is 58.9 Å². The summed E-state index contributed by atoms with van der Waals surface area (Å²) in [5, 5.41) is 51.3. The van der Waals surface area contributed by atoms with Crippen LogP contribution in [0.1, 0.15) is 113 Å². The summed E-state index contributed by atoms with van der Waals surface area (Å²) in [6.45, 7) is 11.9. The van der Waals surface area contributed by atoms with Crippen LogP contribution in [-0.4, -0.2) is 75.8 Å². The Bertz CT molecular complexity index is 2230. The zero-order valence-corrected chi connectivity index (χ0v) is 36.4. The average molecular weight is 855 g/mol. The first-order chi connectivity index (χ1) is 29.4. The quantitative estimate of drug-likeness (QED) is 0.108. The van der Waals surface area contributed by atoms with E-state index in [0.29, 0.717) is 107 Å². The number of carboxylic acid groups (broad SMARTS) is 4. The molecule has 0 spiro atoms. The molecule has 0 saturated carbocycles. The fraction of sp³-hybridized carbons (Fsp3) is 0.429. The molecule has 0 unspecified atom stereocenters. The lowest BCUT2D eigenvalue weighted by Crippen LogP contribution is -2.34. The van der Waals surface area contributed by atoms with E-state index >= 15 is 0 Å². The molecule has 10 aliphatic rings. The van der Waals surface area contributed by atoms with E-state index in [1.54, 1.807) is 37.3 Å². The summed E-state index contributed by atoms with van der Waals surface area (Å²) in [4.78, 5) is 50.0. The van der Waals surface area contributed by atoms with Crippen LogP contribution in [0.25, 0.3) is 0 Å². The van der Waals surface area contributed by atoms with Crippen molar-refractivity contribution in [3.63, 3.8) is 0 Å². The van der Waals surface area contributed by atoms with Gasteiger partial charge < -0.3 is 44.5 Å². The molecule has 0 amide bonds. The number of hydrogen-bond acceptors (Lipinski definition) is 9. The monoisotopic (exact) mass is 854 g/mol. The van der Waals surface area contributed by atoms with Crippen LogP contribution >= 0.6 is 0 Å². The Morgan fingerprint density at radius 2 is 0.774 bits per heavy atom. The largest absolute Gasteiger partial charge is 0.493 e. The molecule has 10 heterocycles. The molecule has 0 fully saturated rings. The van der Waals surface area contributed by atoms with Crippen molar-refractivity contribution in [2.24, 2.45) is 0 Å². The molecule has 0 aromatic heterocycles. The van der Waals surface area contributed by atoms with Crippen LogP contribution in [0.2, 0.25) is 0 Å². The highest BCUT2D eigenvalue weighted by Gasteiger charge is 2.42. The van der Waals surface area contributed by atoms with Gasteiger partial charge in [-0.05, 0) is 135 Å². The van der Waals surface area contributed by atoms with Crippen molar-refractivity contribution in [3.05, 3.63) is 116 Å². The van der Waals surface area contributed by atoms with Gasteiger partial charge in [0, 0.05) is 16.4 Å². The Labute approximate surface area is 362 Å². The highest BCUT2D eigenvalue weighted by Crippen LogP contribution is 2.45. The van der Waals surface area contributed by atoms with Gasteiger partial charge in [0.05, 0.1) is 58.7 Å². The van der Waals surface area contributed by atoms with Gasteiger partial charge in [0.25, 0.3) is 0 Å². The molecule has 10 aliphatic heterocycles. The van der Waals surface area contributed by atoms with Crippen LogP contribution in [0.3, 0.4) is 0 Å². The van der Waals surface area contributed by atoms with Crippen molar-refractivity contribution in [1.29, 1.82) is 0 Å². The highest BCUT2D eigenvalue weighted by atomic mass is 16.5. The first kappa shape index (κ1) is 47.0. The molecule has 4 aromatic carbocycles. The fourth-order valence-corrected chi connectivity index (χ4v) is 8.89. The summed E-state index contributed by atoms with van der Waals surface area (Å²) in [6.07, 6.45) is 0.458. The maximum absolute atomic E-state index is 12.5. The van der Waals surface area contributed by atoms with Crippen LogP contribution in [0.5, 0.6) is 23.0 Å². The van der Waals surface area contributed by atoms with E-state index in [4.69, 9.17) is 18.9 Å². The summed E-state index contributed by atoms with van der Waals surface area (Å²) in [5.74, 6) is -2.40. The predicted molar refractivity (Wildman–Crippen MR) is 231 cm³/mol. The SMILES string of the molecule is Cc1cc2ccc1OCCCCOc1c(C)cc(cc1C)C(CC(=O)O)(CC(=O)O)c1cc(C)c(c(C)c1)OCCCCOc1c(C)cc(cc1CO)C2(CC(=O)O)CC(=O)O. The number of aryl methyl sites for hydroxylation is 6. The topological polar surface area (TPSA) is 206 Å². The van der Waals surface area contributed by atoms with Gasteiger partial charge in [-0.2, -0.15) is 0 Å². The third kappa shape index (κ3) is 10.7. The summed E-state index contributed by atoms with van der Waals surface area (Å²) in [6, 6.07) is 15.8. The zero-order chi connectivity index (χ0) is 45.4. The van der Waals surface area contributed by atoms with Crippen LogP contribution in [0, 0.1) is 41.5 Å². The molecule has 0 saturated heterocycles. The predicted octanol–water partition coefficient (Wildman–Crippen LogP) is 8.29. The van der Waals surface area contributed by atoms with Gasteiger partial charge in [-0.3, -0.25) is 19.2 Å². The minimum atomic E-state index is -1.49. The summed E-state index contributed by atoms with van der Waals surface area (Å²) in [5.41, 5.74) is 3.77. The Balaban J connectivity index is 1.54. The van der Waals surface area contributed by atoms with E-state index in [2.05, 4.69) is 0 Å². The van der Waals surface area contributed by atoms with E-state index in [0.717, 1.165) is 22.3 Å². The van der Waals surface area contributed by atoms with Crippen molar-refractivity contribution in [3.8, 4) is 23.0 Å². The molecule has 0 atom stereocenters. The number of benzene rings is 4. The standard InChI is InChI=1S/C49H58O13/c1-29-17-36-11-12-40(29)59-13-7-8-14-60-45-30(2)18-37(19-31(45)3)49(26-43(55)56,27-44(57)58)38-20-32(4)46(33(5)21-38)61-15-9-10-16-62-47-34(6)22-39(23-35(47)28-50)48(36,24-41(51)52)25-42(53)54/h11-12,17-23,50H,7-10,13-16,24-28H2,1-6H3,(H,51,52)(H,53,54)(H,55,56)(H,57,58). The molecule has 14 rings (SSSR count). The summed E-state index contributed by atoms with van der Waals surface area (Å²) in [7, 11) is 0. The smallest absolute Gasteiger partial charge is 0.304 e. The Morgan fingerprint density at radius 3 is 1.15 bits per heavy atom. The Morgan fingerprint density at radius 1 is 0.452 bits per heavy atom. The minimum Gasteiger partial charge on any atom is -0.493 e. The summed E-state index contributed by atoms with van der Waals surface area (Å²) >= 11 is 0. The van der Waals surface area contributed by atoms with Crippen molar-refractivity contribution < 1.29 is 63.7 Å². The van der Waals surface area contributed by atoms with Gasteiger partial charge in [0.1, 0.15) is 23.0 Å². The van der Waals surface area contributed by atoms with Crippen molar-refractivity contribution in [2.75, 3.05) is 26.4 Å². The Hall–Kier alpha value is -6.08. The van der Waals surface area contributed by atoms with Gasteiger partial charge in [0.2, 0.25) is 0 Å². The first-order valence-corrected chi connectivity index (χ1v) is 20.9. The number of aliphatic carboxylic acids is 4. The molecule has 4 aromatic rings. The molecule has 13 heteroatoms. The van der Waals surface area contributed by atoms with E-state index < -0.39 is 67.0 Å². The molecule has 332 valence electrons. The molecular formula is C49H58O13. The molecule has 62 heavy (non-hydrogen) atoms. The van der Waals surface area contributed by atoms with Crippen LogP contribution < -0.4 is 18.9 Å². The average Bonchev–Trinajstić information content (AvgIpc) is 3.18. The molecule has 13 nitrogen and oxygen atoms in total. The number of hydrogen-bond donors (Lipinski definition) is 5. The lowest BCUT2D eigenvalue weighted by molar-refractivity contribution is -0.142. The number of rotatable bonds is 9. The fourth-order valence-electron chi connectivity index (χ4n) is 8.89. The molecular weight excluding hydrogens is 797 g/mol. The van der Waals surface area contributed by atoms with Crippen LogP contribution in [0.4, 0.5) is 0 Å². The van der Waals surface area contributed by atoms with E-state index in [-0.39, 0.29) is 6.61 Å². The van der Waals surface area contributed by atoms with Gasteiger partial charge in [-0.25, -0.2) is 0 Å². The van der Waals surface area contributed by atoms with Gasteiger partial charge >= 0.3 is 23.9 Å². The second-order valence-electron chi connectivity index (χ2n) is 16.6. The second kappa shape index (κ2) is 20.2. The number of ether oxygens (including phenoxy) is 4. The van der Waals surface area contributed by atoms with Crippen LogP contribution in [-0.2, 0) is 36.6 Å².